The molecule has 1 aliphatic rings. The van der Waals surface area contributed by atoms with Gasteiger partial charge in [-0.25, -0.2) is 4.79 Å². The maximum atomic E-state index is 11.8. The predicted octanol–water partition coefficient (Wildman–Crippen LogP) is 5.07. The lowest BCUT2D eigenvalue weighted by molar-refractivity contribution is 0.0601. The van der Waals surface area contributed by atoms with Crippen molar-refractivity contribution in [2.75, 3.05) is 30.4 Å². The molecule has 0 amide bonds. The number of nitrogens with zero attached hydrogens (tertiary/aromatic N) is 1. The fourth-order valence-electron chi connectivity index (χ4n) is 3.84. The summed E-state index contributed by atoms with van der Waals surface area (Å²) in [5.74, 6) is 0.386. The molecular formula is C24H31N3O2S. The standard InChI is InChI=1S/C24H31N3O2S/c1-16-6-5-13-27(15-16)21-11-9-19(10-12-21)18(3)25-24(30)26-22-14-20(23(28)29-4)8-7-17(22)2/h7-12,14,16,18H,5-6,13,15H2,1-4H3,(H2,25,26,30)/t16-,18-/m0/s1. The molecule has 0 bridgehead atoms. The molecule has 30 heavy (non-hydrogen) atoms. The highest BCUT2D eigenvalue weighted by Gasteiger charge is 2.17. The molecule has 0 aliphatic carbocycles. The number of aryl methyl sites for hydroxylation is 1. The van der Waals surface area contributed by atoms with E-state index in [1.165, 1.54) is 31.2 Å². The average molecular weight is 426 g/mol. The number of piperidine rings is 1. The number of methoxy groups -OCH3 is 1. The van der Waals surface area contributed by atoms with Gasteiger partial charge in [0.15, 0.2) is 5.11 Å². The third-order valence-electron chi connectivity index (χ3n) is 5.67. The second-order valence-electron chi connectivity index (χ2n) is 8.13. The van der Waals surface area contributed by atoms with Crippen LogP contribution < -0.4 is 15.5 Å². The summed E-state index contributed by atoms with van der Waals surface area (Å²) in [4.78, 5) is 14.3. The number of esters is 1. The van der Waals surface area contributed by atoms with Crippen molar-refractivity contribution in [2.24, 2.45) is 5.92 Å². The maximum Gasteiger partial charge on any atom is 0.337 e. The van der Waals surface area contributed by atoms with Crippen LogP contribution in [0.2, 0.25) is 0 Å². The van der Waals surface area contributed by atoms with Crippen molar-refractivity contribution in [3.63, 3.8) is 0 Å². The van der Waals surface area contributed by atoms with Crippen LogP contribution in [0.4, 0.5) is 11.4 Å². The van der Waals surface area contributed by atoms with E-state index >= 15 is 0 Å². The third kappa shape index (κ3) is 5.51. The molecule has 0 saturated carbocycles. The van der Waals surface area contributed by atoms with E-state index in [9.17, 15) is 4.79 Å². The molecule has 0 aromatic heterocycles. The first-order valence-corrected chi connectivity index (χ1v) is 10.9. The van der Waals surface area contributed by atoms with Gasteiger partial charge in [0.25, 0.3) is 0 Å². The van der Waals surface area contributed by atoms with Crippen LogP contribution in [0.1, 0.15) is 54.2 Å². The Morgan fingerprint density at radius 3 is 2.63 bits per heavy atom. The Hall–Kier alpha value is -2.60. The van der Waals surface area contributed by atoms with E-state index < -0.39 is 0 Å². The Kier molecular flexibility index (Phi) is 7.32. The Bertz CT molecular complexity index is 898. The molecule has 0 spiro atoms. The minimum absolute atomic E-state index is 0.0587. The van der Waals surface area contributed by atoms with Crippen molar-refractivity contribution in [1.29, 1.82) is 0 Å². The van der Waals surface area contributed by atoms with E-state index in [0.29, 0.717) is 10.7 Å². The number of carbonyl (C=O) groups is 1. The quantitative estimate of drug-likeness (QED) is 0.516. The molecule has 2 aromatic carbocycles. The number of rotatable bonds is 5. The number of hydrogen-bond acceptors (Lipinski definition) is 4. The Morgan fingerprint density at radius 2 is 1.97 bits per heavy atom. The van der Waals surface area contributed by atoms with Gasteiger partial charge in [-0.1, -0.05) is 25.1 Å². The summed E-state index contributed by atoms with van der Waals surface area (Å²) in [6.45, 7) is 8.64. The minimum atomic E-state index is -0.367. The van der Waals surface area contributed by atoms with E-state index in [2.05, 4.69) is 53.6 Å². The SMILES string of the molecule is COC(=O)c1ccc(C)c(NC(=S)N[C@@H](C)c2ccc(N3CCC[C@H](C)C3)cc2)c1. The minimum Gasteiger partial charge on any atom is -0.465 e. The molecule has 5 nitrogen and oxygen atoms in total. The average Bonchev–Trinajstić information content (AvgIpc) is 2.74. The topological polar surface area (TPSA) is 53.6 Å². The number of anilines is 2. The molecule has 0 unspecified atom stereocenters. The van der Waals surface area contributed by atoms with Crippen molar-refractivity contribution in [3.8, 4) is 0 Å². The van der Waals surface area contributed by atoms with Gasteiger partial charge in [-0.2, -0.15) is 0 Å². The zero-order valence-corrected chi connectivity index (χ0v) is 19.0. The van der Waals surface area contributed by atoms with E-state index in [1.807, 2.05) is 13.0 Å². The van der Waals surface area contributed by atoms with Crippen LogP contribution in [0, 0.1) is 12.8 Å². The first-order valence-electron chi connectivity index (χ1n) is 10.5. The summed E-state index contributed by atoms with van der Waals surface area (Å²) < 4.78 is 4.80. The highest BCUT2D eigenvalue weighted by Crippen LogP contribution is 2.25. The first-order chi connectivity index (χ1) is 14.4. The fraction of sp³-hybridized carbons (Fsp3) is 0.417. The van der Waals surface area contributed by atoms with E-state index in [4.69, 9.17) is 17.0 Å². The monoisotopic (exact) mass is 425 g/mol. The van der Waals surface area contributed by atoms with Crippen LogP contribution in [0.5, 0.6) is 0 Å². The molecule has 6 heteroatoms. The van der Waals surface area contributed by atoms with Crippen LogP contribution in [-0.4, -0.2) is 31.3 Å². The molecule has 1 heterocycles. The number of thiocarbonyl (C=S) groups is 1. The van der Waals surface area contributed by atoms with E-state index in [0.717, 1.165) is 30.3 Å². The van der Waals surface area contributed by atoms with Gasteiger partial charge in [-0.3, -0.25) is 0 Å². The van der Waals surface area contributed by atoms with Gasteiger partial charge in [-0.05, 0) is 80.2 Å². The van der Waals surface area contributed by atoms with E-state index in [-0.39, 0.29) is 12.0 Å². The predicted molar refractivity (Wildman–Crippen MR) is 127 cm³/mol. The third-order valence-corrected chi connectivity index (χ3v) is 5.89. The number of ether oxygens (including phenoxy) is 1. The molecule has 2 aromatic rings. The molecule has 1 aliphatic heterocycles. The van der Waals surface area contributed by atoms with Crippen LogP contribution in [0.15, 0.2) is 42.5 Å². The number of carbonyl (C=O) groups excluding carboxylic acids is 1. The van der Waals surface area contributed by atoms with Crippen molar-refractivity contribution in [3.05, 3.63) is 59.2 Å². The van der Waals surface area contributed by atoms with Crippen LogP contribution in [0.3, 0.4) is 0 Å². The van der Waals surface area contributed by atoms with Crippen LogP contribution in [0.25, 0.3) is 0 Å². The second-order valence-corrected chi connectivity index (χ2v) is 8.53. The van der Waals surface area contributed by atoms with Crippen molar-refractivity contribution < 1.29 is 9.53 Å². The molecular weight excluding hydrogens is 394 g/mol. The molecule has 2 N–H and O–H groups in total. The summed E-state index contributed by atoms with van der Waals surface area (Å²) in [6.07, 6.45) is 2.58. The van der Waals surface area contributed by atoms with Gasteiger partial charge in [0.05, 0.1) is 18.7 Å². The smallest absolute Gasteiger partial charge is 0.337 e. The zero-order valence-electron chi connectivity index (χ0n) is 18.2. The molecule has 0 radical (unpaired) electrons. The highest BCUT2D eigenvalue weighted by molar-refractivity contribution is 7.80. The normalized spacial score (nSPS) is 17.2. The fourth-order valence-corrected chi connectivity index (χ4v) is 4.12. The molecule has 160 valence electrons. The highest BCUT2D eigenvalue weighted by atomic mass is 32.1. The first kappa shape index (κ1) is 22.1. The van der Waals surface area contributed by atoms with Gasteiger partial charge in [0, 0.05) is 24.5 Å². The van der Waals surface area contributed by atoms with Gasteiger partial charge < -0.3 is 20.3 Å². The molecule has 2 atom stereocenters. The molecule has 1 fully saturated rings. The van der Waals surface area contributed by atoms with Crippen molar-refractivity contribution >= 4 is 34.7 Å². The largest absolute Gasteiger partial charge is 0.465 e. The zero-order chi connectivity index (χ0) is 21.7. The van der Waals surface area contributed by atoms with Gasteiger partial charge in [0.2, 0.25) is 0 Å². The summed E-state index contributed by atoms with van der Waals surface area (Å²) in [5, 5.41) is 7.05. The summed E-state index contributed by atoms with van der Waals surface area (Å²) >= 11 is 5.50. The van der Waals surface area contributed by atoms with Gasteiger partial charge in [-0.15, -0.1) is 0 Å². The molecule has 1 saturated heterocycles. The number of hydrogen-bond donors (Lipinski definition) is 2. The van der Waals surface area contributed by atoms with Crippen LogP contribution >= 0.6 is 12.2 Å². The van der Waals surface area contributed by atoms with Crippen LogP contribution in [-0.2, 0) is 4.74 Å². The lowest BCUT2D eigenvalue weighted by Crippen LogP contribution is -2.34. The lowest BCUT2D eigenvalue weighted by Gasteiger charge is -2.33. The summed E-state index contributed by atoms with van der Waals surface area (Å²) in [7, 11) is 1.38. The van der Waals surface area contributed by atoms with Crippen molar-refractivity contribution in [2.45, 2.75) is 39.7 Å². The summed E-state index contributed by atoms with van der Waals surface area (Å²) in [6, 6.07) is 14.2. The Balaban J connectivity index is 1.61. The van der Waals surface area contributed by atoms with Gasteiger partial charge in [0.1, 0.15) is 0 Å². The van der Waals surface area contributed by atoms with E-state index in [1.54, 1.807) is 12.1 Å². The molecule has 3 rings (SSSR count). The maximum absolute atomic E-state index is 11.8. The van der Waals surface area contributed by atoms with Gasteiger partial charge >= 0.3 is 5.97 Å². The second kappa shape index (κ2) is 9.94. The Labute approximate surface area is 184 Å². The lowest BCUT2D eigenvalue weighted by atomic mass is 9.99. The summed E-state index contributed by atoms with van der Waals surface area (Å²) in [5.41, 5.74) is 4.74. The number of benzene rings is 2. The van der Waals surface area contributed by atoms with Crippen molar-refractivity contribution in [1.82, 2.24) is 5.32 Å². The number of nitrogens with one attached hydrogen (secondary N) is 2. The Morgan fingerprint density at radius 1 is 1.23 bits per heavy atom.